The highest BCUT2D eigenvalue weighted by Gasteiger charge is 2.29. The number of fused-ring (bicyclic) bond motifs is 1. The molecule has 0 fully saturated rings. The fraction of sp³-hybridized carbons (Fsp3) is 0.286. The van der Waals surface area contributed by atoms with Crippen molar-refractivity contribution in [2.45, 2.75) is 19.0 Å². The summed E-state index contributed by atoms with van der Waals surface area (Å²) in [6.45, 7) is 0.197. The second-order valence-electron chi connectivity index (χ2n) is 6.78. The zero-order valence-electron chi connectivity index (χ0n) is 16.5. The molecule has 158 valence electrons. The van der Waals surface area contributed by atoms with Gasteiger partial charge in [0.1, 0.15) is 12.6 Å². The van der Waals surface area contributed by atoms with Gasteiger partial charge in [-0.2, -0.15) is 11.8 Å². The molecule has 0 unspecified atom stereocenters. The van der Waals surface area contributed by atoms with Crippen LogP contribution in [0.3, 0.4) is 0 Å². The van der Waals surface area contributed by atoms with Gasteiger partial charge in [0.25, 0.3) is 0 Å². The van der Waals surface area contributed by atoms with Crippen molar-refractivity contribution >= 4 is 52.6 Å². The van der Waals surface area contributed by atoms with Crippen LogP contribution < -0.4 is 20.9 Å². The summed E-state index contributed by atoms with van der Waals surface area (Å²) < 4.78 is 0. The third kappa shape index (κ3) is 5.67. The van der Waals surface area contributed by atoms with Gasteiger partial charge < -0.3 is 16.0 Å². The summed E-state index contributed by atoms with van der Waals surface area (Å²) in [4.78, 5) is 39.0. The van der Waals surface area contributed by atoms with Gasteiger partial charge in [-0.3, -0.25) is 14.5 Å². The summed E-state index contributed by atoms with van der Waals surface area (Å²) in [5, 5.41) is 8.98. The quantitative estimate of drug-likeness (QED) is 0.609. The zero-order valence-corrected chi connectivity index (χ0v) is 18.1. The summed E-state index contributed by atoms with van der Waals surface area (Å²) >= 11 is 7.58. The van der Waals surface area contributed by atoms with Gasteiger partial charge >= 0.3 is 6.03 Å². The highest BCUT2D eigenvalue weighted by Crippen LogP contribution is 2.28. The molecule has 0 aromatic heterocycles. The Morgan fingerprint density at radius 1 is 1.23 bits per heavy atom. The molecule has 1 aliphatic rings. The number of anilines is 2. The molecule has 3 rings (SSSR count). The van der Waals surface area contributed by atoms with Crippen LogP contribution in [0.2, 0.25) is 5.02 Å². The van der Waals surface area contributed by atoms with E-state index < -0.39 is 12.1 Å². The Labute approximate surface area is 184 Å². The van der Waals surface area contributed by atoms with Crippen molar-refractivity contribution in [3.8, 4) is 0 Å². The summed E-state index contributed by atoms with van der Waals surface area (Å²) in [5.74, 6) is 0.133. The molecule has 2 aromatic carbocycles. The molecule has 0 bridgehead atoms. The second-order valence-corrected chi connectivity index (χ2v) is 8.20. The number of amides is 4. The van der Waals surface area contributed by atoms with Crippen LogP contribution >= 0.6 is 23.4 Å². The Morgan fingerprint density at radius 3 is 2.80 bits per heavy atom. The predicted octanol–water partition coefficient (Wildman–Crippen LogP) is 3.25. The molecular formula is C21H23ClN4O3S. The molecule has 0 aliphatic carbocycles. The first-order valence-corrected chi connectivity index (χ1v) is 11.2. The van der Waals surface area contributed by atoms with Gasteiger partial charge in [0.05, 0.1) is 11.4 Å². The SMILES string of the molecule is CSCC[C@@H](NC(=O)N1CC(=O)Nc2ccccc21)C(=O)NCc1cccc(Cl)c1. The van der Waals surface area contributed by atoms with Crippen LogP contribution in [-0.4, -0.2) is 42.4 Å². The monoisotopic (exact) mass is 446 g/mol. The zero-order chi connectivity index (χ0) is 21.5. The lowest BCUT2D eigenvalue weighted by Crippen LogP contribution is -2.54. The first-order valence-electron chi connectivity index (χ1n) is 9.46. The average molecular weight is 447 g/mol. The van der Waals surface area contributed by atoms with Crippen molar-refractivity contribution in [2.24, 2.45) is 0 Å². The van der Waals surface area contributed by atoms with E-state index >= 15 is 0 Å². The number of nitrogens with one attached hydrogen (secondary N) is 3. The first kappa shape index (κ1) is 22.0. The van der Waals surface area contributed by atoms with Gasteiger partial charge in [-0.05, 0) is 48.3 Å². The number of hydrogen-bond acceptors (Lipinski definition) is 4. The van der Waals surface area contributed by atoms with E-state index in [1.54, 1.807) is 48.2 Å². The fourth-order valence-corrected chi connectivity index (χ4v) is 3.79. The fourth-order valence-electron chi connectivity index (χ4n) is 3.11. The van der Waals surface area contributed by atoms with Gasteiger partial charge in [-0.1, -0.05) is 35.9 Å². The first-order chi connectivity index (χ1) is 14.5. The Bertz CT molecular complexity index is 940. The molecule has 2 aromatic rings. The summed E-state index contributed by atoms with van der Waals surface area (Å²) in [7, 11) is 0. The summed E-state index contributed by atoms with van der Waals surface area (Å²) in [6, 6.07) is 13.1. The highest BCUT2D eigenvalue weighted by atomic mass is 35.5. The van der Waals surface area contributed by atoms with E-state index in [2.05, 4.69) is 16.0 Å². The minimum absolute atomic E-state index is 0.109. The molecule has 1 heterocycles. The van der Waals surface area contributed by atoms with E-state index in [1.807, 2.05) is 18.4 Å². The smallest absolute Gasteiger partial charge is 0.323 e. The van der Waals surface area contributed by atoms with Crippen molar-refractivity contribution in [3.05, 3.63) is 59.1 Å². The molecule has 9 heteroatoms. The van der Waals surface area contributed by atoms with E-state index in [9.17, 15) is 14.4 Å². The van der Waals surface area contributed by atoms with E-state index in [0.29, 0.717) is 35.1 Å². The Hall–Kier alpha value is -2.71. The molecule has 1 aliphatic heterocycles. The predicted molar refractivity (Wildman–Crippen MR) is 121 cm³/mol. The molecule has 0 saturated carbocycles. The molecule has 30 heavy (non-hydrogen) atoms. The number of hydrogen-bond donors (Lipinski definition) is 3. The van der Waals surface area contributed by atoms with Crippen LogP contribution in [0.15, 0.2) is 48.5 Å². The normalized spacial score (nSPS) is 13.8. The van der Waals surface area contributed by atoms with Crippen LogP contribution in [0, 0.1) is 0 Å². The standard InChI is InChI=1S/C21H23ClN4O3S/c1-30-10-9-17(20(28)23-12-14-5-4-6-15(22)11-14)25-21(29)26-13-19(27)24-16-7-2-3-8-18(16)26/h2-8,11,17H,9-10,12-13H2,1H3,(H,23,28)(H,24,27)(H,25,29)/t17-/m1/s1. The van der Waals surface area contributed by atoms with E-state index in [-0.39, 0.29) is 18.4 Å². The number of carbonyl (C=O) groups is 3. The molecule has 7 nitrogen and oxygen atoms in total. The number of benzene rings is 2. The highest BCUT2D eigenvalue weighted by molar-refractivity contribution is 7.98. The molecule has 0 saturated heterocycles. The lowest BCUT2D eigenvalue weighted by atomic mass is 10.1. The second kappa shape index (κ2) is 10.4. The Kier molecular flexibility index (Phi) is 7.59. The number of carbonyl (C=O) groups excluding carboxylic acids is 3. The lowest BCUT2D eigenvalue weighted by Gasteiger charge is -2.30. The van der Waals surface area contributed by atoms with Crippen LogP contribution in [0.1, 0.15) is 12.0 Å². The Morgan fingerprint density at radius 2 is 2.03 bits per heavy atom. The largest absolute Gasteiger partial charge is 0.350 e. The molecule has 4 amide bonds. The van der Waals surface area contributed by atoms with E-state index in [4.69, 9.17) is 11.6 Å². The van der Waals surface area contributed by atoms with Crippen LogP contribution in [0.25, 0.3) is 0 Å². The van der Waals surface area contributed by atoms with Gasteiger partial charge in [0, 0.05) is 11.6 Å². The molecular weight excluding hydrogens is 424 g/mol. The van der Waals surface area contributed by atoms with E-state index in [1.165, 1.54) is 4.90 Å². The molecule has 3 N–H and O–H groups in total. The lowest BCUT2D eigenvalue weighted by molar-refractivity contribution is -0.123. The third-order valence-electron chi connectivity index (χ3n) is 4.60. The summed E-state index contributed by atoms with van der Waals surface area (Å²) in [5.41, 5.74) is 2.03. The van der Waals surface area contributed by atoms with Crippen molar-refractivity contribution in [1.82, 2.24) is 10.6 Å². The van der Waals surface area contributed by atoms with Gasteiger partial charge in [0.15, 0.2) is 0 Å². The number of urea groups is 1. The van der Waals surface area contributed by atoms with Crippen molar-refractivity contribution in [2.75, 3.05) is 28.8 Å². The van der Waals surface area contributed by atoms with Crippen molar-refractivity contribution in [3.63, 3.8) is 0 Å². The van der Waals surface area contributed by atoms with Crippen LogP contribution in [0.4, 0.5) is 16.2 Å². The maximum Gasteiger partial charge on any atom is 0.323 e. The summed E-state index contributed by atoms with van der Waals surface area (Å²) in [6.07, 6.45) is 2.41. The topological polar surface area (TPSA) is 90.5 Å². The number of thioether (sulfide) groups is 1. The minimum atomic E-state index is -0.721. The van der Waals surface area contributed by atoms with E-state index in [0.717, 1.165) is 5.56 Å². The number of para-hydroxylation sites is 2. The third-order valence-corrected chi connectivity index (χ3v) is 5.48. The van der Waals surface area contributed by atoms with Gasteiger partial charge in [-0.15, -0.1) is 0 Å². The van der Waals surface area contributed by atoms with Crippen LogP contribution in [0.5, 0.6) is 0 Å². The minimum Gasteiger partial charge on any atom is -0.350 e. The van der Waals surface area contributed by atoms with Crippen LogP contribution in [-0.2, 0) is 16.1 Å². The molecule has 0 radical (unpaired) electrons. The van der Waals surface area contributed by atoms with Gasteiger partial charge in [-0.25, -0.2) is 4.79 Å². The maximum atomic E-state index is 12.9. The van der Waals surface area contributed by atoms with Crippen molar-refractivity contribution in [1.29, 1.82) is 0 Å². The van der Waals surface area contributed by atoms with Gasteiger partial charge in [0.2, 0.25) is 11.8 Å². The molecule has 1 atom stereocenters. The number of rotatable bonds is 7. The number of nitrogens with zero attached hydrogens (tertiary/aromatic N) is 1. The molecule has 0 spiro atoms. The average Bonchev–Trinajstić information content (AvgIpc) is 2.74. The van der Waals surface area contributed by atoms with Crippen molar-refractivity contribution < 1.29 is 14.4 Å². The number of halogens is 1. The maximum absolute atomic E-state index is 12.9. The Balaban J connectivity index is 1.68.